The van der Waals surface area contributed by atoms with Gasteiger partial charge in [0.25, 0.3) is 0 Å². The summed E-state index contributed by atoms with van der Waals surface area (Å²) in [5.74, 6) is -1.41. The second-order valence-corrected chi connectivity index (χ2v) is 6.89. The summed E-state index contributed by atoms with van der Waals surface area (Å²) in [5, 5.41) is 0. The summed E-state index contributed by atoms with van der Waals surface area (Å²) >= 11 is 0. The predicted molar refractivity (Wildman–Crippen MR) is 94.2 cm³/mol. The molecule has 2 heterocycles. The minimum Gasteiger partial charge on any atom is -0.466 e. The van der Waals surface area contributed by atoms with E-state index >= 15 is 0 Å². The van der Waals surface area contributed by atoms with Crippen LogP contribution in [-0.4, -0.2) is 61.3 Å². The van der Waals surface area contributed by atoms with Crippen molar-refractivity contribution in [1.29, 1.82) is 0 Å². The molecule has 2 saturated heterocycles. The van der Waals surface area contributed by atoms with Gasteiger partial charge in [-0.1, -0.05) is 12.7 Å². The number of esters is 3. The molecule has 0 amide bonds. The lowest BCUT2D eigenvalue weighted by Gasteiger charge is -2.36. The third kappa shape index (κ3) is 4.52. The highest BCUT2D eigenvalue weighted by molar-refractivity contribution is 5.93. The molecule has 2 fully saturated rings. The van der Waals surface area contributed by atoms with E-state index in [1.807, 2.05) is 7.05 Å². The number of ether oxygens (including phenoxy) is 3. The van der Waals surface area contributed by atoms with Crippen molar-refractivity contribution in [3.05, 3.63) is 23.8 Å². The quantitative estimate of drug-likeness (QED) is 0.403. The van der Waals surface area contributed by atoms with Crippen molar-refractivity contribution in [2.45, 2.75) is 63.8 Å². The Bertz CT molecular complexity index is 626. The third-order valence-corrected chi connectivity index (χ3v) is 5.22. The van der Waals surface area contributed by atoms with Crippen LogP contribution in [0.4, 0.5) is 0 Å². The van der Waals surface area contributed by atoms with Crippen LogP contribution in [0.3, 0.4) is 0 Å². The van der Waals surface area contributed by atoms with Crippen LogP contribution < -0.4 is 0 Å². The summed E-state index contributed by atoms with van der Waals surface area (Å²) in [4.78, 5) is 37.6. The van der Waals surface area contributed by atoms with Crippen LogP contribution >= 0.6 is 0 Å². The fourth-order valence-corrected chi connectivity index (χ4v) is 3.56. The van der Waals surface area contributed by atoms with E-state index in [-0.39, 0.29) is 42.3 Å². The van der Waals surface area contributed by atoms with E-state index < -0.39 is 11.9 Å². The second kappa shape index (κ2) is 8.49. The molecule has 0 aromatic heterocycles. The summed E-state index contributed by atoms with van der Waals surface area (Å²) in [7, 11) is 3.24. The highest BCUT2D eigenvalue weighted by atomic mass is 16.6. The molecule has 2 aliphatic rings. The Morgan fingerprint density at radius 3 is 2.46 bits per heavy atom. The summed E-state index contributed by atoms with van der Waals surface area (Å²) in [6, 6.07) is 0.211. The minimum atomic E-state index is -0.614. The SMILES string of the molecule is C=C(CC(=O)O[C@H]1C[C@H]2C[C@H](OC(=O)/C(C)=C/C)[C@@H](C1)N2C)C(=O)OC. The number of hydrogen-bond donors (Lipinski definition) is 0. The Kier molecular flexibility index (Phi) is 6.58. The van der Waals surface area contributed by atoms with Gasteiger partial charge in [-0.15, -0.1) is 0 Å². The normalized spacial score (nSPS) is 28.4. The monoisotopic (exact) mass is 365 g/mol. The molecule has 0 saturated carbocycles. The molecule has 2 rings (SSSR count). The van der Waals surface area contributed by atoms with Crippen molar-refractivity contribution < 1.29 is 28.6 Å². The number of nitrogens with zero attached hydrogens (tertiary/aromatic N) is 1. The Hall–Kier alpha value is -2.15. The van der Waals surface area contributed by atoms with Gasteiger partial charge in [-0.25, -0.2) is 9.59 Å². The first-order valence-electron chi connectivity index (χ1n) is 8.78. The number of rotatable bonds is 6. The van der Waals surface area contributed by atoms with Gasteiger partial charge in [0.05, 0.1) is 19.6 Å². The van der Waals surface area contributed by atoms with E-state index in [1.54, 1.807) is 19.9 Å². The molecule has 0 N–H and O–H groups in total. The van der Waals surface area contributed by atoms with Crippen LogP contribution in [0.1, 0.15) is 39.5 Å². The highest BCUT2D eigenvalue weighted by Crippen LogP contribution is 2.37. The summed E-state index contributed by atoms with van der Waals surface area (Å²) < 4.78 is 15.7. The Balaban J connectivity index is 1.92. The largest absolute Gasteiger partial charge is 0.466 e. The van der Waals surface area contributed by atoms with Crippen LogP contribution in [0.15, 0.2) is 23.8 Å². The van der Waals surface area contributed by atoms with E-state index in [9.17, 15) is 14.4 Å². The number of hydrogen-bond acceptors (Lipinski definition) is 7. The second-order valence-electron chi connectivity index (χ2n) is 6.89. The van der Waals surface area contributed by atoms with Gasteiger partial charge in [-0.05, 0) is 20.9 Å². The Morgan fingerprint density at radius 1 is 1.15 bits per heavy atom. The fraction of sp³-hybridized carbons (Fsp3) is 0.632. The molecule has 26 heavy (non-hydrogen) atoms. The summed E-state index contributed by atoms with van der Waals surface area (Å²) in [5.41, 5.74) is 0.653. The summed E-state index contributed by atoms with van der Waals surface area (Å²) in [6.45, 7) is 7.06. The molecule has 7 heteroatoms. The maximum atomic E-state index is 12.1. The Labute approximate surface area is 154 Å². The number of fused-ring (bicyclic) bond motifs is 2. The van der Waals surface area contributed by atoms with Crippen molar-refractivity contribution in [3.63, 3.8) is 0 Å². The number of methoxy groups -OCH3 is 1. The molecule has 0 aliphatic carbocycles. The van der Waals surface area contributed by atoms with E-state index in [1.165, 1.54) is 7.11 Å². The minimum absolute atomic E-state index is 0.0176. The predicted octanol–water partition coefficient (Wildman–Crippen LogP) is 1.76. The molecule has 2 aliphatic heterocycles. The van der Waals surface area contributed by atoms with Gasteiger partial charge < -0.3 is 14.2 Å². The van der Waals surface area contributed by atoms with Gasteiger partial charge in [0, 0.05) is 36.5 Å². The van der Waals surface area contributed by atoms with Crippen LogP contribution in [0.5, 0.6) is 0 Å². The molecular weight excluding hydrogens is 338 g/mol. The Morgan fingerprint density at radius 2 is 1.85 bits per heavy atom. The van der Waals surface area contributed by atoms with Crippen molar-refractivity contribution in [3.8, 4) is 0 Å². The lowest BCUT2D eigenvalue weighted by molar-refractivity contribution is -0.155. The molecule has 144 valence electrons. The highest BCUT2D eigenvalue weighted by Gasteiger charge is 2.47. The number of allylic oxidation sites excluding steroid dienone is 1. The van der Waals surface area contributed by atoms with E-state index in [4.69, 9.17) is 9.47 Å². The summed E-state index contributed by atoms with van der Waals surface area (Å²) in [6.07, 6.45) is 3.08. The molecular formula is C19H27NO6. The van der Waals surface area contributed by atoms with Gasteiger partial charge in [-0.2, -0.15) is 0 Å². The molecule has 2 bridgehead atoms. The molecule has 0 radical (unpaired) electrons. The van der Waals surface area contributed by atoms with Crippen LogP contribution in [0.2, 0.25) is 0 Å². The zero-order valence-corrected chi connectivity index (χ0v) is 15.8. The van der Waals surface area contributed by atoms with Gasteiger partial charge in [0.15, 0.2) is 0 Å². The lowest BCUT2D eigenvalue weighted by Crippen LogP contribution is -2.46. The first-order valence-corrected chi connectivity index (χ1v) is 8.78. The topological polar surface area (TPSA) is 82.1 Å². The van der Waals surface area contributed by atoms with Crippen LogP contribution in [-0.2, 0) is 28.6 Å². The first-order chi connectivity index (χ1) is 12.3. The number of carbonyl (C=O) groups is 3. The lowest BCUT2D eigenvalue weighted by atomic mass is 10.00. The van der Waals surface area contributed by atoms with Gasteiger partial charge in [0.1, 0.15) is 12.2 Å². The maximum Gasteiger partial charge on any atom is 0.333 e. The van der Waals surface area contributed by atoms with Gasteiger partial charge in [0.2, 0.25) is 0 Å². The zero-order chi connectivity index (χ0) is 19.4. The maximum absolute atomic E-state index is 12.1. The fourth-order valence-electron chi connectivity index (χ4n) is 3.56. The molecule has 0 unspecified atom stereocenters. The van der Waals surface area contributed by atoms with Gasteiger partial charge >= 0.3 is 17.9 Å². The molecule has 7 nitrogen and oxygen atoms in total. The molecule has 0 aromatic rings. The van der Waals surface area contributed by atoms with Crippen LogP contribution in [0.25, 0.3) is 0 Å². The average Bonchev–Trinajstić information content (AvgIpc) is 2.78. The smallest absolute Gasteiger partial charge is 0.333 e. The van der Waals surface area contributed by atoms with E-state index in [2.05, 4.69) is 16.2 Å². The van der Waals surface area contributed by atoms with Gasteiger partial charge in [-0.3, -0.25) is 9.69 Å². The standard InChI is InChI=1S/C19H27NO6/c1-6-11(2)19(23)26-16-9-13-8-14(10-15(16)20(13)4)25-17(21)7-12(3)18(22)24-5/h6,13-16H,3,7-10H2,1-2,4-5H3/b11-6+/t13-,14-,15+,16-/m0/s1. The van der Waals surface area contributed by atoms with Crippen molar-refractivity contribution in [2.75, 3.05) is 14.2 Å². The van der Waals surface area contributed by atoms with Crippen molar-refractivity contribution in [2.24, 2.45) is 0 Å². The average molecular weight is 365 g/mol. The van der Waals surface area contributed by atoms with E-state index in [0.29, 0.717) is 18.4 Å². The molecule has 4 atom stereocenters. The van der Waals surface area contributed by atoms with Crippen LogP contribution in [0, 0.1) is 0 Å². The number of piperidine rings is 1. The van der Waals surface area contributed by atoms with E-state index in [0.717, 1.165) is 6.42 Å². The third-order valence-electron chi connectivity index (χ3n) is 5.22. The zero-order valence-electron chi connectivity index (χ0n) is 15.8. The number of carbonyl (C=O) groups excluding carboxylic acids is 3. The first kappa shape index (κ1) is 20.2. The molecule has 0 spiro atoms. The number of likely N-dealkylation sites (N-methyl/N-ethyl adjacent to an activating group) is 1. The van der Waals surface area contributed by atoms with Crippen molar-refractivity contribution >= 4 is 17.9 Å². The molecule has 0 aromatic carbocycles. The van der Waals surface area contributed by atoms with Crippen molar-refractivity contribution in [1.82, 2.24) is 4.90 Å².